The fourth-order valence-electron chi connectivity index (χ4n) is 1.68. The van der Waals surface area contributed by atoms with Crippen molar-refractivity contribution in [2.24, 2.45) is 0 Å². The maximum Gasteiger partial charge on any atom is 0.416 e. The van der Waals surface area contributed by atoms with E-state index in [1.54, 1.807) is 0 Å². The van der Waals surface area contributed by atoms with E-state index in [1.165, 1.54) is 30.3 Å². The summed E-state index contributed by atoms with van der Waals surface area (Å²) in [7, 11) is 0. The van der Waals surface area contributed by atoms with Gasteiger partial charge in [0.15, 0.2) is 0 Å². The summed E-state index contributed by atoms with van der Waals surface area (Å²) in [5.41, 5.74) is -0.848. The van der Waals surface area contributed by atoms with Crippen molar-refractivity contribution in [3.63, 3.8) is 0 Å². The van der Waals surface area contributed by atoms with Crippen LogP contribution in [0.4, 0.5) is 13.2 Å². The molecule has 21 heavy (non-hydrogen) atoms. The number of halogens is 6. The van der Waals surface area contributed by atoms with Crippen LogP contribution in [0.2, 0.25) is 10.0 Å². The zero-order valence-corrected chi connectivity index (χ0v) is 12.6. The van der Waals surface area contributed by atoms with Gasteiger partial charge in [-0.15, -0.1) is 11.6 Å². The van der Waals surface area contributed by atoms with Crippen LogP contribution in [-0.2, 0) is 12.1 Å². The maximum absolute atomic E-state index is 12.9. The van der Waals surface area contributed by atoms with Crippen LogP contribution < -0.4 is 4.74 Å². The Hall–Kier alpha value is -1.10. The molecule has 0 saturated carbocycles. The molecule has 0 unspecified atom stereocenters. The van der Waals surface area contributed by atoms with E-state index in [0.717, 1.165) is 6.07 Å². The predicted molar refractivity (Wildman–Crippen MR) is 77.5 cm³/mol. The Morgan fingerprint density at radius 1 is 1.00 bits per heavy atom. The molecule has 1 nitrogen and oxygen atoms in total. The van der Waals surface area contributed by atoms with Crippen LogP contribution >= 0.6 is 34.8 Å². The molecule has 0 fully saturated rings. The van der Waals surface area contributed by atoms with E-state index in [9.17, 15) is 13.2 Å². The Morgan fingerprint density at radius 2 is 1.71 bits per heavy atom. The Morgan fingerprint density at radius 3 is 2.29 bits per heavy atom. The van der Waals surface area contributed by atoms with Crippen molar-refractivity contribution in [2.45, 2.75) is 12.1 Å². The number of rotatable bonds is 3. The molecule has 0 saturated heterocycles. The van der Waals surface area contributed by atoms with Gasteiger partial charge in [-0.1, -0.05) is 29.3 Å². The Balaban J connectivity index is 2.37. The number of hydrogen-bond acceptors (Lipinski definition) is 1. The van der Waals surface area contributed by atoms with Crippen molar-refractivity contribution in [2.75, 3.05) is 0 Å². The Kier molecular flexibility index (Phi) is 4.91. The third-order valence-corrected chi connectivity index (χ3v) is 3.47. The van der Waals surface area contributed by atoms with E-state index >= 15 is 0 Å². The van der Waals surface area contributed by atoms with E-state index in [0.29, 0.717) is 5.02 Å². The molecule has 0 radical (unpaired) electrons. The van der Waals surface area contributed by atoms with Gasteiger partial charge in [0, 0.05) is 10.9 Å². The lowest BCUT2D eigenvalue weighted by Crippen LogP contribution is -2.08. The highest BCUT2D eigenvalue weighted by Gasteiger charge is 2.33. The van der Waals surface area contributed by atoms with Crippen LogP contribution in [0.5, 0.6) is 11.5 Å². The second-order valence-corrected chi connectivity index (χ2v) is 5.24. The average Bonchev–Trinajstić information content (AvgIpc) is 2.41. The molecule has 7 heteroatoms. The summed E-state index contributed by atoms with van der Waals surface area (Å²) >= 11 is 17.2. The molecule has 2 aromatic rings. The van der Waals surface area contributed by atoms with E-state index in [4.69, 9.17) is 39.5 Å². The van der Waals surface area contributed by atoms with Crippen LogP contribution in [0.3, 0.4) is 0 Å². The highest BCUT2D eigenvalue weighted by atomic mass is 35.5. The molecule has 0 amide bonds. The average molecular weight is 356 g/mol. The van der Waals surface area contributed by atoms with Crippen LogP contribution in [0.1, 0.15) is 11.1 Å². The minimum atomic E-state index is -4.51. The van der Waals surface area contributed by atoms with E-state index < -0.39 is 11.7 Å². The van der Waals surface area contributed by atoms with Crippen LogP contribution in [0.25, 0.3) is 0 Å². The van der Waals surface area contributed by atoms with Gasteiger partial charge < -0.3 is 4.74 Å². The molecule has 112 valence electrons. The summed E-state index contributed by atoms with van der Waals surface area (Å²) < 4.78 is 44.2. The third-order valence-electron chi connectivity index (χ3n) is 2.65. The topological polar surface area (TPSA) is 9.23 Å². The van der Waals surface area contributed by atoms with Crippen molar-refractivity contribution < 1.29 is 17.9 Å². The molecular weight excluding hydrogens is 348 g/mol. The van der Waals surface area contributed by atoms with Gasteiger partial charge in [-0.2, -0.15) is 13.2 Å². The minimum absolute atomic E-state index is 0.0143. The highest BCUT2D eigenvalue weighted by molar-refractivity contribution is 6.35. The first kappa shape index (κ1) is 16.3. The fourth-order valence-corrected chi connectivity index (χ4v) is 2.36. The third kappa shape index (κ3) is 3.96. The molecule has 0 aliphatic heterocycles. The quantitative estimate of drug-likeness (QED) is 0.568. The van der Waals surface area contributed by atoms with Crippen molar-refractivity contribution in [1.29, 1.82) is 0 Å². The first-order valence-electron chi connectivity index (χ1n) is 5.70. The second kappa shape index (κ2) is 6.34. The molecule has 0 spiro atoms. The fraction of sp³-hybridized carbons (Fsp3) is 0.143. The van der Waals surface area contributed by atoms with Crippen molar-refractivity contribution >= 4 is 34.8 Å². The molecule has 2 aromatic carbocycles. The number of alkyl halides is 4. The van der Waals surface area contributed by atoms with Gasteiger partial charge in [-0.25, -0.2) is 0 Å². The van der Waals surface area contributed by atoms with Gasteiger partial charge >= 0.3 is 6.18 Å². The summed E-state index contributed by atoms with van der Waals surface area (Å²) in [5, 5.41) is 0.610. The maximum atomic E-state index is 12.9. The molecule has 0 aliphatic rings. The summed E-state index contributed by atoms with van der Waals surface area (Å²) in [6.07, 6.45) is -4.51. The van der Waals surface area contributed by atoms with E-state index in [-0.39, 0.29) is 28.0 Å². The van der Waals surface area contributed by atoms with Crippen LogP contribution in [0.15, 0.2) is 36.4 Å². The zero-order valence-electron chi connectivity index (χ0n) is 10.3. The van der Waals surface area contributed by atoms with Crippen molar-refractivity contribution in [1.82, 2.24) is 0 Å². The molecule has 0 atom stereocenters. The van der Waals surface area contributed by atoms with Gasteiger partial charge in [0.2, 0.25) is 0 Å². The standard InChI is InChI=1S/C14H8Cl3F3O/c15-7-8-1-3-10(6-11(8)14(18,19)20)21-13-4-2-9(16)5-12(13)17/h1-6H,7H2. The second-order valence-electron chi connectivity index (χ2n) is 4.13. The zero-order chi connectivity index (χ0) is 15.6. The summed E-state index contributed by atoms with van der Waals surface area (Å²) in [6.45, 7) is 0. The van der Waals surface area contributed by atoms with Crippen LogP contribution in [0, 0.1) is 0 Å². The summed E-state index contributed by atoms with van der Waals surface area (Å²) in [5.74, 6) is -0.00942. The minimum Gasteiger partial charge on any atom is -0.456 e. The smallest absolute Gasteiger partial charge is 0.416 e. The van der Waals surface area contributed by atoms with Gasteiger partial charge in [-0.3, -0.25) is 0 Å². The lowest BCUT2D eigenvalue weighted by molar-refractivity contribution is -0.138. The normalized spacial score (nSPS) is 11.5. The summed E-state index contributed by atoms with van der Waals surface area (Å²) in [4.78, 5) is 0. The highest BCUT2D eigenvalue weighted by Crippen LogP contribution is 2.37. The molecule has 2 rings (SSSR count). The molecule has 0 aliphatic carbocycles. The molecule has 0 heterocycles. The van der Waals surface area contributed by atoms with E-state index in [1.807, 2.05) is 0 Å². The Bertz CT molecular complexity index is 656. The Labute approximate surface area is 134 Å². The van der Waals surface area contributed by atoms with Gasteiger partial charge in [0.1, 0.15) is 11.5 Å². The van der Waals surface area contributed by atoms with Crippen molar-refractivity contribution in [3.8, 4) is 11.5 Å². The van der Waals surface area contributed by atoms with E-state index in [2.05, 4.69) is 0 Å². The number of hydrogen-bond donors (Lipinski definition) is 0. The lowest BCUT2D eigenvalue weighted by Gasteiger charge is -2.14. The molecule has 0 aromatic heterocycles. The lowest BCUT2D eigenvalue weighted by atomic mass is 10.1. The summed E-state index contributed by atoms with van der Waals surface area (Å²) in [6, 6.07) is 8.01. The predicted octanol–water partition coefficient (Wildman–Crippen LogP) is 6.54. The van der Waals surface area contributed by atoms with Crippen LogP contribution in [-0.4, -0.2) is 0 Å². The number of benzene rings is 2. The van der Waals surface area contributed by atoms with Crippen molar-refractivity contribution in [3.05, 3.63) is 57.6 Å². The molecular formula is C14H8Cl3F3O. The monoisotopic (exact) mass is 354 g/mol. The first-order chi connectivity index (χ1) is 9.81. The van der Waals surface area contributed by atoms with Gasteiger partial charge in [0.05, 0.1) is 10.6 Å². The SMILES string of the molecule is FC(F)(F)c1cc(Oc2ccc(Cl)cc2Cl)ccc1CCl. The van der Waals surface area contributed by atoms with Gasteiger partial charge in [-0.05, 0) is 35.9 Å². The molecule has 0 bridgehead atoms. The van der Waals surface area contributed by atoms with Gasteiger partial charge in [0.25, 0.3) is 0 Å². The first-order valence-corrected chi connectivity index (χ1v) is 6.99. The number of ether oxygens (including phenoxy) is 1. The largest absolute Gasteiger partial charge is 0.456 e. The molecule has 0 N–H and O–H groups in total.